The fourth-order valence-corrected chi connectivity index (χ4v) is 4.97. The van der Waals surface area contributed by atoms with E-state index >= 15 is 0 Å². The molecule has 0 aliphatic carbocycles. The van der Waals surface area contributed by atoms with Crippen LogP contribution in [0.2, 0.25) is 5.02 Å². The fraction of sp³-hybridized carbons (Fsp3) is 0.161. The number of carbonyl (C=O) groups is 4. The van der Waals surface area contributed by atoms with Gasteiger partial charge in [-0.2, -0.15) is 0 Å². The maximum atomic E-state index is 13.9. The summed E-state index contributed by atoms with van der Waals surface area (Å²) in [6.45, 7) is 0.0258. The molecule has 206 valence electrons. The molecule has 0 spiro atoms. The molecule has 0 saturated heterocycles. The number of benzene rings is 2. The lowest BCUT2D eigenvalue weighted by Crippen LogP contribution is -2.45. The van der Waals surface area contributed by atoms with E-state index in [0.29, 0.717) is 27.4 Å². The van der Waals surface area contributed by atoms with Gasteiger partial charge in [0.05, 0.1) is 24.4 Å². The molecule has 2 aromatic carbocycles. The average Bonchev–Trinajstić information content (AvgIpc) is 3.07. The summed E-state index contributed by atoms with van der Waals surface area (Å²) in [4.78, 5) is 62.8. The van der Waals surface area contributed by atoms with Crippen LogP contribution in [0.15, 0.2) is 85.2 Å². The maximum absolute atomic E-state index is 13.9. The molecule has 2 amide bonds. The summed E-state index contributed by atoms with van der Waals surface area (Å²) >= 11 is 6.19. The van der Waals surface area contributed by atoms with Crippen LogP contribution in [0, 0.1) is 0 Å². The minimum absolute atomic E-state index is 0.0258. The molecule has 9 nitrogen and oxygen atoms in total. The highest BCUT2D eigenvalue weighted by Crippen LogP contribution is 2.28. The van der Waals surface area contributed by atoms with Crippen molar-refractivity contribution in [3.05, 3.63) is 124 Å². The Labute approximate surface area is 241 Å². The predicted molar refractivity (Wildman–Crippen MR) is 152 cm³/mol. The zero-order valence-electron chi connectivity index (χ0n) is 22.0. The van der Waals surface area contributed by atoms with Crippen LogP contribution in [0.4, 0.5) is 5.69 Å². The van der Waals surface area contributed by atoms with Gasteiger partial charge in [-0.1, -0.05) is 29.8 Å². The van der Waals surface area contributed by atoms with Gasteiger partial charge in [0.15, 0.2) is 5.78 Å². The fourth-order valence-electron chi connectivity index (χ4n) is 4.78. The Kier molecular flexibility index (Phi) is 8.16. The van der Waals surface area contributed by atoms with Crippen LogP contribution in [0.25, 0.3) is 0 Å². The minimum Gasteiger partial charge on any atom is -0.465 e. The highest BCUT2D eigenvalue weighted by Gasteiger charge is 2.36. The van der Waals surface area contributed by atoms with Crippen LogP contribution >= 0.6 is 11.6 Å². The first-order valence-corrected chi connectivity index (χ1v) is 13.2. The van der Waals surface area contributed by atoms with E-state index in [-0.39, 0.29) is 48.0 Å². The molecule has 0 radical (unpaired) electrons. The number of nitrogens with one attached hydrogen (secondary N) is 1. The lowest BCUT2D eigenvalue weighted by molar-refractivity contribution is -0.122. The molecule has 10 heteroatoms. The van der Waals surface area contributed by atoms with Crippen molar-refractivity contribution in [2.24, 2.45) is 0 Å². The van der Waals surface area contributed by atoms with Crippen molar-refractivity contribution in [1.82, 2.24) is 14.9 Å². The third kappa shape index (κ3) is 6.15. The lowest BCUT2D eigenvalue weighted by atomic mass is 9.99. The zero-order chi connectivity index (χ0) is 28.9. The van der Waals surface area contributed by atoms with Crippen LogP contribution in [0.1, 0.15) is 48.0 Å². The van der Waals surface area contributed by atoms with Gasteiger partial charge in [0.1, 0.15) is 5.69 Å². The first kappa shape index (κ1) is 27.7. The molecule has 0 unspecified atom stereocenters. The number of hydrogen-bond acceptors (Lipinski definition) is 7. The number of anilines is 1. The number of Topliss-reactive ketones (excluding diaryl/α,β-unsaturated/α-hetero) is 1. The van der Waals surface area contributed by atoms with Gasteiger partial charge in [0.25, 0.3) is 11.8 Å². The summed E-state index contributed by atoms with van der Waals surface area (Å²) in [6, 6.07) is 19.2. The molecule has 0 saturated carbocycles. The molecule has 1 N–H and O–H groups in total. The molecule has 1 aliphatic rings. The monoisotopic (exact) mass is 568 g/mol. The molecule has 3 heterocycles. The Morgan fingerprint density at radius 3 is 2.49 bits per heavy atom. The molecule has 2 aromatic heterocycles. The number of nitrogens with zero attached hydrogens (tertiary/aromatic N) is 3. The van der Waals surface area contributed by atoms with Crippen molar-refractivity contribution < 1.29 is 23.9 Å². The van der Waals surface area contributed by atoms with E-state index in [1.807, 2.05) is 6.07 Å². The third-order valence-electron chi connectivity index (χ3n) is 6.79. The van der Waals surface area contributed by atoms with Gasteiger partial charge in [-0.15, -0.1) is 0 Å². The number of esters is 1. The molecule has 0 fully saturated rings. The van der Waals surface area contributed by atoms with E-state index in [2.05, 4.69) is 15.3 Å². The Morgan fingerprint density at radius 2 is 1.78 bits per heavy atom. The number of halogens is 1. The normalized spacial score (nSPS) is 14.7. The predicted octanol–water partition coefficient (Wildman–Crippen LogP) is 4.55. The smallest absolute Gasteiger partial charge is 0.339 e. The Morgan fingerprint density at radius 1 is 1.00 bits per heavy atom. The third-order valence-corrected chi connectivity index (χ3v) is 7.02. The molecule has 41 heavy (non-hydrogen) atoms. The number of ketones is 1. The zero-order valence-corrected chi connectivity index (χ0v) is 22.8. The van der Waals surface area contributed by atoms with E-state index in [1.165, 1.54) is 24.3 Å². The van der Waals surface area contributed by atoms with E-state index in [4.69, 9.17) is 16.3 Å². The summed E-state index contributed by atoms with van der Waals surface area (Å²) in [5, 5.41) is 3.16. The molecular weight excluding hydrogens is 544 g/mol. The number of fused-ring (bicyclic) bond motifs is 1. The van der Waals surface area contributed by atoms with Gasteiger partial charge in [-0.3, -0.25) is 24.4 Å². The lowest BCUT2D eigenvalue weighted by Gasteiger charge is -2.29. The van der Waals surface area contributed by atoms with Gasteiger partial charge in [-0.25, -0.2) is 4.79 Å². The Hall–Kier alpha value is -4.89. The van der Waals surface area contributed by atoms with Gasteiger partial charge in [0.2, 0.25) is 0 Å². The number of pyridine rings is 2. The largest absolute Gasteiger partial charge is 0.465 e. The van der Waals surface area contributed by atoms with E-state index in [1.54, 1.807) is 66.9 Å². The molecule has 1 aliphatic heterocycles. The van der Waals surface area contributed by atoms with Crippen LogP contribution in [0.3, 0.4) is 0 Å². The summed E-state index contributed by atoms with van der Waals surface area (Å²) in [5.41, 5.74) is 2.67. The second-order valence-electron chi connectivity index (χ2n) is 9.46. The number of rotatable bonds is 7. The molecular formula is C31H25ClN4O5. The first-order chi connectivity index (χ1) is 19.8. The summed E-state index contributed by atoms with van der Waals surface area (Å²) in [5.74, 6) is -1.65. The highest BCUT2D eigenvalue weighted by molar-refractivity contribution is 6.30. The Balaban J connectivity index is 1.53. The topological polar surface area (TPSA) is 119 Å². The van der Waals surface area contributed by atoms with Crippen molar-refractivity contribution in [1.29, 1.82) is 0 Å². The van der Waals surface area contributed by atoms with Crippen molar-refractivity contribution in [2.45, 2.75) is 25.4 Å². The molecule has 0 bridgehead atoms. The average molecular weight is 569 g/mol. The number of aromatic nitrogens is 2. The number of amides is 2. The van der Waals surface area contributed by atoms with Crippen molar-refractivity contribution in [3.63, 3.8) is 0 Å². The van der Waals surface area contributed by atoms with Crippen LogP contribution in [-0.2, 0) is 28.9 Å². The Bertz CT molecular complexity index is 1630. The maximum Gasteiger partial charge on any atom is 0.339 e. The highest BCUT2D eigenvalue weighted by atomic mass is 35.5. The molecule has 5 rings (SSSR count). The van der Waals surface area contributed by atoms with Crippen molar-refractivity contribution in [3.8, 4) is 0 Å². The first-order valence-electron chi connectivity index (χ1n) is 12.8. The quantitative estimate of drug-likeness (QED) is 0.325. The number of carbonyl (C=O) groups excluding carboxylic acids is 4. The molecule has 1 atom stereocenters. The second kappa shape index (κ2) is 12.1. The van der Waals surface area contributed by atoms with Gasteiger partial charge in [0, 0.05) is 48.1 Å². The van der Waals surface area contributed by atoms with E-state index < -0.39 is 17.9 Å². The van der Waals surface area contributed by atoms with Crippen molar-refractivity contribution in [2.75, 3.05) is 12.4 Å². The standard InChI is InChI=1S/C31H25ClN4O5/c1-41-31(40)24-10-8-19(14-26(24)35-29(38)25-7-3-5-13-34-25)18-36-27(17-22-6-2-4-12-33-22)28(37)16-20-15-21(32)9-11-23(20)30(36)39/h2-15,27H,16-18H2,1H3,(H,35,38)/t27-/m1/s1. The second-order valence-corrected chi connectivity index (χ2v) is 9.90. The number of ether oxygens (including phenoxy) is 1. The number of methoxy groups -OCH3 is 1. The minimum atomic E-state index is -0.810. The van der Waals surface area contributed by atoms with Crippen LogP contribution < -0.4 is 5.32 Å². The molecule has 4 aromatic rings. The van der Waals surface area contributed by atoms with E-state index in [9.17, 15) is 19.2 Å². The van der Waals surface area contributed by atoms with E-state index in [0.717, 1.165) is 0 Å². The SMILES string of the molecule is COC(=O)c1ccc(CN2C(=O)c3ccc(Cl)cc3CC(=O)[C@H]2Cc2ccccn2)cc1NC(=O)c1ccccn1. The number of hydrogen-bond donors (Lipinski definition) is 1. The van der Waals surface area contributed by atoms with Crippen LogP contribution in [-0.4, -0.2) is 51.6 Å². The van der Waals surface area contributed by atoms with Crippen molar-refractivity contribution >= 4 is 40.9 Å². The van der Waals surface area contributed by atoms with Gasteiger partial charge < -0.3 is 15.0 Å². The van der Waals surface area contributed by atoms with Gasteiger partial charge >= 0.3 is 5.97 Å². The summed E-state index contributed by atoms with van der Waals surface area (Å²) in [7, 11) is 1.24. The summed E-state index contributed by atoms with van der Waals surface area (Å²) < 4.78 is 4.90. The summed E-state index contributed by atoms with van der Waals surface area (Å²) in [6.07, 6.45) is 3.39. The van der Waals surface area contributed by atoms with Crippen LogP contribution in [0.5, 0.6) is 0 Å². The van der Waals surface area contributed by atoms with Gasteiger partial charge in [-0.05, 0) is 65.7 Å².